The molecule has 11 heteroatoms. The first-order chi connectivity index (χ1) is 17.1. The molecule has 2 atom stereocenters. The summed E-state index contributed by atoms with van der Waals surface area (Å²) >= 11 is 5.99. The fraction of sp³-hybridized carbons (Fsp3) is 0.240. The number of carbonyl (C=O) groups is 2. The third-order valence-corrected chi connectivity index (χ3v) is 5.99. The number of hydrogen-bond donors (Lipinski definition) is 2. The van der Waals surface area contributed by atoms with Crippen molar-refractivity contribution in [1.82, 2.24) is 15.6 Å². The van der Waals surface area contributed by atoms with Gasteiger partial charge < -0.3 is 15.4 Å². The van der Waals surface area contributed by atoms with Crippen LogP contribution in [0.4, 0.5) is 22.4 Å². The molecule has 0 aliphatic carbocycles. The standard InChI is InChI=1S/C25H20ClF4N3O3/c26-18-6-7-21(31-14-18)24(13-15-4-2-1-3-5-15,33-23(35)32-20-8-9-36-22(20)34)16-10-17(25(28,29)30)12-19(27)11-16/h1-7,10-12,14,20H,8-9,13H2,(H2,32,33,35)/t20-,24-/m1/s1. The maximum Gasteiger partial charge on any atom is 0.416 e. The summed E-state index contributed by atoms with van der Waals surface area (Å²) in [6.07, 6.45) is -3.44. The summed E-state index contributed by atoms with van der Waals surface area (Å²) in [7, 11) is 0. The number of cyclic esters (lactones) is 1. The zero-order chi connectivity index (χ0) is 25.9. The third-order valence-electron chi connectivity index (χ3n) is 5.76. The molecule has 1 fully saturated rings. The molecule has 1 aromatic heterocycles. The molecule has 36 heavy (non-hydrogen) atoms. The number of aromatic nitrogens is 1. The van der Waals surface area contributed by atoms with Crippen molar-refractivity contribution in [2.24, 2.45) is 0 Å². The molecule has 0 spiro atoms. The SMILES string of the molecule is O=C(N[C@@H]1CCOC1=O)N[C@](Cc1ccccc1)(c1cc(F)cc(C(F)(F)F)c1)c1ccc(Cl)cn1. The van der Waals surface area contributed by atoms with Crippen molar-refractivity contribution in [2.75, 3.05) is 6.61 Å². The molecule has 2 N–H and O–H groups in total. The number of rotatable bonds is 6. The second-order valence-electron chi connectivity index (χ2n) is 8.26. The first kappa shape index (κ1) is 25.4. The topological polar surface area (TPSA) is 80.3 Å². The van der Waals surface area contributed by atoms with Crippen LogP contribution in [-0.2, 0) is 27.7 Å². The highest BCUT2D eigenvalue weighted by atomic mass is 35.5. The number of pyridine rings is 1. The highest BCUT2D eigenvalue weighted by Gasteiger charge is 2.41. The van der Waals surface area contributed by atoms with E-state index in [1.807, 2.05) is 0 Å². The molecule has 2 aromatic carbocycles. The minimum atomic E-state index is -4.85. The van der Waals surface area contributed by atoms with E-state index in [1.54, 1.807) is 30.3 Å². The van der Waals surface area contributed by atoms with Crippen LogP contribution in [0, 0.1) is 5.82 Å². The summed E-state index contributed by atoms with van der Waals surface area (Å²) in [6.45, 7) is 0.122. The lowest BCUT2D eigenvalue weighted by molar-refractivity contribution is -0.139. The van der Waals surface area contributed by atoms with Gasteiger partial charge >= 0.3 is 18.2 Å². The van der Waals surface area contributed by atoms with Crippen LogP contribution in [0.25, 0.3) is 0 Å². The minimum absolute atomic E-state index is 0.0915. The Morgan fingerprint density at radius 2 is 1.81 bits per heavy atom. The maximum atomic E-state index is 14.6. The van der Waals surface area contributed by atoms with Gasteiger partial charge in [0.05, 0.1) is 22.9 Å². The van der Waals surface area contributed by atoms with Crippen molar-refractivity contribution in [3.05, 3.63) is 100 Å². The van der Waals surface area contributed by atoms with Crippen molar-refractivity contribution in [2.45, 2.75) is 30.6 Å². The second kappa shape index (κ2) is 10.1. The molecule has 2 amide bonds. The highest BCUT2D eigenvalue weighted by Crippen LogP contribution is 2.38. The molecule has 188 valence electrons. The number of benzene rings is 2. The van der Waals surface area contributed by atoms with Gasteiger partial charge in [-0.25, -0.2) is 14.0 Å². The van der Waals surface area contributed by atoms with E-state index in [2.05, 4.69) is 15.6 Å². The molecule has 2 heterocycles. The third kappa shape index (κ3) is 5.59. The Kier molecular flexibility index (Phi) is 7.16. The molecule has 0 radical (unpaired) electrons. The normalized spacial score (nSPS) is 17.2. The molecule has 4 rings (SSSR count). The number of urea groups is 1. The predicted octanol–water partition coefficient (Wildman–Crippen LogP) is 4.99. The largest absolute Gasteiger partial charge is 0.464 e. The van der Waals surface area contributed by atoms with Crippen LogP contribution in [0.5, 0.6) is 0 Å². The van der Waals surface area contributed by atoms with Crippen LogP contribution in [-0.4, -0.2) is 29.6 Å². The van der Waals surface area contributed by atoms with Gasteiger partial charge in [-0.2, -0.15) is 13.2 Å². The Hall–Kier alpha value is -3.66. The second-order valence-corrected chi connectivity index (χ2v) is 8.70. The summed E-state index contributed by atoms with van der Waals surface area (Å²) in [5.74, 6) is -1.78. The van der Waals surface area contributed by atoms with E-state index in [4.69, 9.17) is 16.3 Å². The minimum Gasteiger partial charge on any atom is -0.464 e. The summed E-state index contributed by atoms with van der Waals surface area (Å²) in [4.78, 5) is 29.3. The zero-order valence-electron chi connectivity index (χ0n) is 18.6. The van der Waals surface area contributed by atoms with Gasteiger partial charge in [0.1, 0.15) is 17.4 Å². The quantitative estimate of drug-likeness (QED) is 0.354. The van der Waals surface area contributed by atoms with E-state index in [-0.39, 0.29) is 35.7 Å². The van der Waals surface area contributed by atoms with E-state index in [1.165, 1.54) is 18.3 Å². The van der Waals surface area contributed by atoms with Gasteiger partial charge in [-0.3, -0.25) is 4.98 Å². The average molecular weight is 522 g/mol. The first-order valence-corrected chi connectivity index (χ1v) is 11.2. The number of halogens is 5. The van der Waals surface area contributed by atoms with E-state index < -0.39 is 41.1 Å². The van der Waals surface area contributed by atoms with Crippen molar-refractivity contribution in [1.29, 1.82) is 0 Å². The summed E-state index contributed by atoms with van der Waals surface area (Å²) in [5, 5.41) is 5.42. The molecular weight excluding hydrogens is 502 g/mol. The van der Waals surface area contributed by atoms with Gasteiger partial charge in [-0.15, -0.1) is 0 Å². The van der Waals surface area contributed by atoms with E-state index in [0.717, 1.165) is 12.1 Å². The van der Waals surface area contributed by atoms with Gasteiger partial charge in [-0.05, 0) is 41.5 Å². The number of amides is 2. The molecular formula is C25H20ClF4N3O3. The van der Waals surface area contributed by atoms with Gasteiger partial charge in [0.2, 0.25) is 0 Å². The molecule has 1 aliphatic heterocycles. The van der Waals surface area contributed by atoms with Crippen LogP contribution >= 0.6 is 11.6 Å². The fourth-order valence-electron chi connectivity index (χ4n) is 4.07. The van der Waals surface area contributed by atoms with Crippen LogP contribution in [0.1, 0.15) is 28.8 Å². The molecule has 1 saturated heterocycles. The Morgan fingerprint density at radius 1 is 1.08 bits per heavy atom. The Balaban J connectivity index is 1.89. The van der Waals surface area contributed by atoms with Gasteiger partial charge in [-0.1, -0.05) is 41.9 Å². The molecule has 6 nitrogen and oxygen atoms in total. The van der Waals surface area contributed by atoms with Crippen molar-refractivity contribution in [3.63, 3.8) is 0 Å². The Labute approximate surface area is 208 Å². The van der Waals surface area contributed by atoms with Crippen LogP contribution < -0.4 is 10.6 Å². The molecule has 1 aliphatic rings. The predicted molar refractivity (Wildman–Crippen MR) is 123 cm³/mol. The average Bonchev–Trinajstić information content (AvgIpc) is 3.22. The number of alkyl halides is 3. The highest BCUT2D eigenvalue weighted by molar-refractivity contribution is 6.30. The first-order valence-electron chi connectivity index (χ1n) is 10.9. The molecule has 0 saturated carbocycles. The lowest BCUT2D eigenvalue weighted by Gasteiger charge is -2.36. The maximum absolute atomic E-state index is 14.6. The van der Waals surface area contributed by atoms with Crippen LogP contribution in [0.3, 0.4) is 0 Å². The molecule has 3 aromatic rings. The lowest BCUT2D eigenvalue weighted by atomic mass is 9.79. The number of carbonyl (C=O) groups excluding carboxylic acids is 2. The zero-order valence-corrected chi connectivity index (χ0v) is 19.4. The number of esters is 1. The van der Waals surface area contributed by atoms with Crippen molar-refractivity contribution in [3.8, 4) is 0 Å². The lowest BCUT2D eigenvalue weighted by Crippen LogP contribution is -2.55. The number of ether oxygens (including phenoxy) is 1. The Bertz CT molecular complexity index is 1260. The van der Waals surface area contributed by atoms with E-state index >= 15 is 0 Å². The number of nitrogens with zero attached hydrogens (tertiary/aromatic N) is 1. The summed E-state index contributed by atoms with van der Waals surface area (Å²) in [6, 6.07) is 11.8. The fourth-order valence-corrected chi connectivity index (χ4v) is 4.18. The van der Waals surface area contributed by atoms with Crippen molar-refractivity contribution >= 4 is 23.6 Å². The molecule has 0 unspecified atom stereocenters. The number of hydrogen-bond acceptors (Lipinski definition) is 4. The van der Waals surface area contributed by atoms with Gasteiger partial charge in [0.25, 0.3) is 0 Å². The van der Waals surface area contributed by atoms with Gasteiger partial charge in [0.15, 0.2) is 0 Å². The van der Waals surface area contributed by atoms with Gasteiger partial charge in [0, 0.05) is 19.0 Å². The van der Waals surface area contributed by atoms with Crippen LogP contribution in [0.2, 0.25) is 5.02 Å². The van der Waals surface area contributed by atoms with Crippen LogP contribution in [0.15, 0.2) is 66.9 Å². The summed E-state index contributed by atoms with van der Waals surface area (Å²) < 4.78 is 60.4. The van der Waals surface area contributed by atoms with Crippen molar-refractivity contribution < 1.29 is 31.9 Å². The van der Waals surface area contributed by atoms with E-state index in [9.17, 15) is 27.2 Å². The monoisotopic (exact) mass is 521 g/mol. The number of nitrogens with one attached hydrogen (secondary N) is 2. The van der Waals surface area contributed by atoms with E-state index in [0.29, 0.717) is 11.6 Å². The molecule has 0 bridgehead atoms. The summed E-state index contributed by atoms with van der Waals surface area (Å²) in [5.41, 5.74) is -2.48. The Morgan fingerprint density at radius 3 is 2.42 bits per heavy atom. The smallest absolute Gasteiger partial charge is 0.416 e.